The van der Waals surface area contributed by atoms with E-state index in [1.807, 2.05) is 48.5 Å². The Hall–Kier alpha value is -3.41. The highest BCUT2D eigenvalue weighted by atomic mass is 16.1. The zero-order valence-corrected chi connectivity index (χ0v) is 19.8. The molecule has 2 N–H and O–H groups in total. The summed E-state index contributed by atoms with van der Waals surface area (Å²) in [6.07, 6.45) is 2.43. The molecule has 2 heterocycles. The van der Waals surface area contributed by atoms with Crippen LogP contribution in [0.2, 0.25) is 0 Å². The number of nitrogens with two attached hydrogens (primary N) is 1. The molecule has 3 aromatic carbocycles. The number of ketones is 1. The van der Waals surface area contributed by atoms with E-state index in [1.54, 1.807) is 0 Å². The third-order valence-corrected chi connectivity index (χ3v) is 6.95. The molecule has 0 atom stereocenters. The zero-order valence-electron chi connectivity index (χ0n) is 19.8. The molecule has 1 aliphatic heterocycles. The lowest BCUT2D eigenvalue weighted by Gasteiger charge is -2.32. The number of carbonyl (C=O) groups is 1. The molecule has 0 bridgehead atoms. The number of likely N-dealkylation sites (N-methyl/N-ethyl adjacent to an activating group) is 1. The van der Waals surface area contributed by atoms with Gasteiger partial charge in [-0.05, 0) is 60.1 Å². The number of nitrogen functional groups attached to an aromatic ring is 1. The van der Waals surface area contributed by atoms with Crippen molar-refractivity contribution < 1.29 is 4.79 Å². The molecule has 5 heteroatoms. The summed E-state index contributed by atoms with van der Waals surface area (Å²) in [5.74, 6) is 0.0870. The number of rotatable bonds is 7. The fourth-order valence-electron chi connectivity index (χ4n) is 4.73. The highest BCUT2D eigenvalue weighted by Crippen LogP contribution is 2.25. The summed E-state index contributed by atoms with van der Waals surface area (Å²) in [6.45, 7) is 6.54. The van der Waals surface area contributed by atoms with Gasteiger partial charge in [-0.1, -0.05) is 36.4 Å². The van der Waals surface area contributed by atoms with Crippen LogP contribution in [0.3, 0.4) is 0 Å². The summed E-state index contributed by atoms with van der Waals surface area (Å²) < 4.78 is 2.29. The SMILES string of the molecule is CN1CCN(CCn2ccc3cc(C(=O)Cc4cc(-c5ccccc5)ccc4N)ccc32)CC1. The second-order valence-corrected chi connectivity index (χ2v) is 9.31. The van der Waals surface area contributed by atoms with Crippen LogP contribution >= 0.6 is 0 Å². The number of benzene rings is 3. The Bertz CT molecular complexity index is 1290. The molecule has 1 aliphatic rings. The van der Waals surface area contributed by atoms with E-state index < -0.39 is 0 Å². The first-order valence-electron chi connectivity index (χ1n) is 12.0. The summed E-state index contributed by atoms with van der Waals surface area (Å²) in [6, 6.07) is 24.3. The number of aromatic nitrogens is 1. The van der Waals surface area contributed by atoms with E-state index in [0.29, 0.717) is 12.1 Å². The van der Waals surface area contributed by atoms with Crippen LogP contribution in [0.15, 0.2) is 79.0 Å². The molecular formula is C29H32N4O. The number of nitrogens with zero attached hydrogens (tertiary/aromatic N) is 3. The summed E-state index contributed by atoms with van der Waals surface area (Å²) in [5.41, 5.74) is 11.9. The van der Waals surface area contributed by atoms with Crippen molar-refractivity contribution in [2.45, 2.75) is 13.0 Å². The maximum atomic E-state index is 13.2. The minimum atomic E-state index is 0.0870. The second kappa shape index (κ2) is 9.84. The fraction of sp³-hybridized carbons (Fsp3) is 0.276. The fourth-order valence-corrected chi connectivity index (χ4v) is 4.73. The Morgan fingerprint density at radius 1 is 0.853 bits per heavy atom. The predicted molar refractivity (Wildman–Crippen MR) is 140 cm³/mol. The standard InChI is InChI=1S/C29H32N4O/c1-31-13-15-32(16-14-31)17-18-33-12-11-24-20-25(8-10-28(24)33)29(34)21-26-19-23(7-9-27(26)30)22-5-3-2-4-6-22/h2-12,19-20H,13-18,21,30H2,1H3. The Kier molecular flexibility index (Phi) is 6.48. The lowest BCUT2D eigenvalue weighted by atomic mass is 9.97. The summed E-state index contributed by atoms with van der Waals surface area (Å²) in [7, 11) is 2.18. The van der Waals surface area contributed by atoms with Crippen molar-refractivity contribution in [3.8, 4) is 11.1 Å². The molecule has 34 heavy (non-hydrogen) atoms. The topological polar surface area (TPSA) is 54.5 Å². The lowest BCUT2D eigenvalue weighted by molar-refractivity contribution is 0.0993. The molecule has 0 aliphatic carbocycles. The van der Waals surface area contributed by atoms with Crippen LogP contribution in [-0.4, -0.2) is 59.9 Å². The molecule has 174 valence electrons. The molecule has 5 nitrogen and oxygen atoms in total. The van der Waals surface area contributed by atoms with E-state index in [9.17, 15) is 4.79 Å². The third kappa shape index (κ3) is 4.91. The van der Waals surface area contributed by atoms with E-state index in [2.05, 4.69) is 51.9 Å². The van der Waals surface area contributed by atoms with Gasteiger partial charge in [0, 0.05) is 74.0 Å². The molecule has 1 aromatic heterocycles. The average molecular weight is 453 g/mol. The van der Waals surface area contributed by atoms with E-state index in [-0.39, 0.29) is 5.78 Å². The first-order chi connectivity index (χ1) is 16.6. The number of fused-ring (bicyclic) bond motifs is 1. The van der Waals surface area contributed by atoms with Gasteiger partial charge in [-0.3, -0.25) is 9.69 Å². The number of Topliss-reactive ketones (excluding diaryl/α,β-unsaturated/α-hetero) is 1. The zero-order chi connectivity index (χ0) is 23.5. The Morgan fingerprint density at radius 3 is 2.44 bits per heavy atom. The molecule has 1 fully saturated rings. The molecular weight excluding hydrogens is 420 g/mol. The van der Waals surface area contributed by atoms with Crippen molar-refractivity contribution in [2.75, 3.05) is 45.5 Å². The monoisotopic (exact) mass is 452 g/mol. The summed E-state index contributed by atoms with van der Waals surface area (Å²) >= 11 is 0. The van der Waals surface area contributed by atoms with Crippen molar-refractivity contribution in [3.05, 3.63) is 90.1 Å². The van der Waals surface area contributed by atoms with Crippen LogP contribution in [0.1, 0.15) is 15.9 Å². The van der Waals surface area contributed by atoms with Gasteiger partial charge in [-0.25, -0.2) is 0 Å². The number of hydrogen-bond donors (Lipinski definition) is 1. The molecule has 0 spiro atoms. The van der Waals surface area contributed by atoms with Crippen LogP contribution in [0.25, 0.3) is 22.0 Å². The molecule has 0 unspecified atom stereocenters. The minimum absolute atomic E-state index is 0.0870. The second-order valence-electron chi connectivity index (χ2n) is 9.31. The first-order valence-corrected chi connectivity index (χ1v) is 12.0. The van der Waals surface area contributed by atoms with E-state index in [4.69, 9.17) is 5.73 Å². The highest BCUT2D eigenvalue weighted by molar-refractivity contribution is 6.01. The molecule has 0 radical (unpaired) electrons. The first kappa shape index (κ1) is 22.4. The Labute approximate surface area is 201 Å². The van der Waals surface area contributed by atoms with Gasteiger partial charge in [0.2, 0.25) is 0 Å². The van der Waals surface area contributed by atoms with E-state index >= 15 is 0 Å². The van der Waals surface area contributed by atoms with Gasteiger partial charge < -0.3 is 15.2 Å². The lowest BCUT2D eigenvalue weighted by Crippen LogP contribution is -2.45. The summed E-state index contributed by atoms with van der Waals surface area (Å²) in [5, 5.41) is 1.11. The third-order valence-electron chi connectivity index (χ3n) is 6.95. The van der Waals surface area contributed by atoms with Gasteiger partial charge in [0.15, 0.2) is 5.78 Å². The van der Waals surface area contributed by atoms with Gasteiger partial charge in [0.05, 0.1) is 0 Å². The van der Waals surface area contributed by atoms with E-state index in [1.165, 1.54) is 5.52 Å². The Morgan fingerprint density at radius 2 is 1.65 bits per heavy atom. The van der Waals surface area contributed by atoms with Crippen LogP contribution < -0.4 is 5.73 Å². The molecule has 1 saturated heterocycles. The van der Waals surface area contributed by atoms with Crippen LogP contribution in [-0.2, 0) is 13.0 Å². The highest BCUT2D eigenvalue weighted by Gasteiger charge is 2.15. The van der Waals surface area contributed by atoms with Crippen molar-refractivity contribution in [1.82, 2.24) is 14.4 Å². The van der Waals surface area contributed by atoms with Crippen molar-refractivity contribution in [1.29, 1.82) is 0 Å². The minimum Gasteiger partial charge on any atom is -0.398 e. The van der Waals surface area contributed by atoms with Crippen LogP contribution in [0.4, 0.5) is 5.69 Å². The van der Waals surface area contributed by atoms with Crippen LogP contribution in [0.5, 0.6) is 0 Å². The van der Waals surface area contributed by atoms with Gasteiger partial charge in [0.25, 0.3) is 0 Å². The molecule has 0 saturated carbocycles. The number of hydrogen-bond acceptors (Lipinski definition) is 4. The van der Waals surface area contributed by atoms with Gasteiger partial charge >= 0.3 is 0 Å². The van der Waals surface area contributed by atoms with Gasteiger partial charge in [0.1, 0.15) is 0 Å². The maximum absolute atomic E-state index is 13.2. The van der Waals surface area contributed by atoms with Crippen LogP contribution in [0, 0.1) is 0 Å². The van der Waals surface area contributed by atoms with Crippen molar-refractivity contribution in [2.24, 2.45) is 0 Å². The molecule has 0 amide bonds. The predicted octanol–water partition coefficient (Wildman–Crippen LogP) is 4.56. The quantitative estimate of drug-likeness (QED) is 0.330. The van der Waals surface area contributed by atoms with Crippen molar-refractivity contribution in [3.63, 3.8) is 0 Å². The molecule has 4 aromatic rings. The average Bonchev–Trinajstić information content (AvgIpc) is 3.28. The van der Waals surface area contributed by atoms with E-state index in [0.717, 1.165) is 66.9 Å². The summed E-state index contributed by atoms with van der Waals surface area (Å²) in [4.78, 5) is 18.1. The van der Waals surface area contributed by atoms with Gasteiger partial charge in [-0.2, -0.15) is 0 Å². The maximum Gasteiger partial charge on any atom is 0.167 e. The number of anilines is 1. The van der Waals surface area contributed by atoms with Gasteiger partial charge in [-0.15, -0.1) is 0 Å². The normalized spacial score (nSPS) is 15.1. The largest absolute Gasteiger partial charge is 0.398 e. The van der Waals surface area contributed by atoms with Crippen molar-refractivity contribution >= 4 is 22.4 Å². The Balaban J connectivity index is 1.29. The number of piperazine rings is 1. The smallest absolute Gasteiger partial charge is 0.167 e. The number of carbonyl (C=O) groups excluding carboxylic acids is 1. The molecule has 5 rings (SSSR count).